The molecule has 2 aromatic carbocycles. The number of carbonyl (C=O) groups excluding carboxylic acids is 2. The fourth-order valence-electron chi connectivity index (χ4n) is 2.96. The van der Waals surface area contributed by atoms with E-state index in [4.69, 9.17) is 5.73 Å². The van der Waals surface area contributed by atoms with E-state index in [0.717, 1.165) is 5.56 Å². The van der Waals surface area contributed by atoms with Crippen LogP contribution in [0.3, 0.4) is 0 Å². The van der Waals surface area contributed by atoms with Gasteiger partial charge >= 0.3 is 0 Å². The molecular formula is C19H21ClFN3O2. The van der Waals surface area contributed by atoms with Crippen LogP contribution in [0.5, 0.6) is 0 Å². The molecule has 5 nitrogen and oxygen atoms in total. The maximum absolute atomic E-state index is 13.3. The second-order valence-corrected chi connectivity index (χ2v) is 6.17. The summed E-state index contributed by atoms with van der Waals surface area (Å²) in [7, 11) is 0. The number of hydrogen-bond acceptors (Lipinski definition) is 3. The minimum Gasteiger partial charge on any atom is -0.399 e. The molecule has 1 aliphatic rings. The van der Waals surface area contributed by atoms with Crippen molar-refractivity contribution in [2.75, 3.05) is 31.9 Å². The Hall–Kier alpha value is -2.60. The Morgan fingerprint density at radius 1 is 0.962 bits per heavy atom. The molecule has 1 saturated heterocycles. The number of halogens is 2. The van der Waals surface area contributed by atoms with Crippen molar-refractivity contribution in [1.29, 1.82) is 0 Å². The third kappa shape index (κ3) is 4.14. The van der Waals surface area contributed by atoms with E-state index < -0.39 is 5.82 Å². The number of nitrogen functional groups attached to an aromatic ring is 1. The molecule has 0 radical (unpaired) electrons. The van der Waals surface area contributed by atoms with Gasteiger partial charge in [-0.05, 0) is 42.8 Å². The Balaban J connectivity index is 0.00000243. The van der Waals surface area contributed by atoms with Gasteiger partial charge in [-0.1, -0.05) is 12.1 Å². The van der Waals surface area contributed by atoms with Gasteiger partial charge in [0.25, 0.3) is 11.8 Å². The first-order valence-corrected chi connectivity index (χ1v) is 8.16. The maximum atomic E-state index is 13.3. The van der Waals surface area contributed by atoms with Crippen LogP contribution in [0.4, 0.5) is 10.1 Å². The second kappa shape index (κ2) is 8.19. The lowest BCUT2D eigenvalue weighted by molar-refractivity contribution is 0.0535. The number of carbonyl (C=O) groups is 2. The van der Waals surface area contributed by atoms with E-state index >= 15 is 0 Å². The standard InChI is InChI=1S/C19H20FN3O2.ClH/c1-13-5-6-16(21)12-17(13)19(25)23-9-7-22(8-10-23)18(24)14-3-2-4-15(20)11-14;/h2-6,11-12H,7-10,21H2,1H3;1H. The van der Waals surface area contributed by atoms with Crippen LogP contribution in [-0.2, 0) is 0 Å². The Labute approximate surface area is 158 Å². The smallest absolute Gasteiger partial charge is 0.254 e. The molecule has 0 unspecified atom stereocenters. The average Bonchev–Trinajstić information content (AvgIpc) is 2.62. The first-order chi connectivity index (χ1) is 12.0. The van der Waals surface area contributed by atoms with E-state index in [1.54, 1.807) is 28.0 Å². The lowest BCUT2D eigenvalue weighted by Crippen LogP contribution is -2.50. The molecule has 26 heavy (non-hydrogen) atoms. The van der Waals surface area contributed by atoms with Gasteiger partial charge in [0.2, 0.25) is 0 Å². The van der Waals surface area contributed by atoms with E-state index in [0.29, 0.717) is 43.0 Å². The minimum atomic E-state index is -0.434. The molecule has 1 aliphatic heterocycles. The average molecular weight is 378 g/mol. The third-order valence-electron chi connectivity index (χ3n) is 4.42. The monoisotopic (exact) mass is 377 g/mol. The van der Waals surface area contributed by atoms with E-state index in [1.165, 1.54) is 18.2 Å². The fraction of sp³-hybridized carbons (Fsp3) is 0.263. The molecule has 2 N–H and O–H groups in total. The first kappa shape index (κ1) is 19.7. The summed E-state index contributed by atoms with van der Waals surface area (Å²) in [6, 6.07) is 10.9. The van der Waals surface area contributed by atoms with Gasteiger partial charge in [-0.15, -0.1) is 12.4 Å². The summed E-state index contributed by atoms with van der Waals surface area (Å²) in [6.45, 7) is 3.59. The topological polar surface area (TPSA) is 66.6 Å². The highest BCUT2D eigenvalue weighted by atomic mass is 35.5. The van der Waals surface area contributed by atoms with Crippen LogP contribution in [-0.4, -0.2) is 47.8 Å². The molecular weight excluding hydrogens is 357 g/mol. The molecule has 138 valence electrons. The zero-order valence-electron chi connectivity index (χ0n) is 14.4. The van der Waals surface area contributed by atoms with Gasteiger partial charge in [0.1, 0.15) is 5.82 Å². The number of benzene rings is 2. The third-order valence-corrected chi connectivity index (χ3v) is 4.42. The molecule has 0 spiro atoms. The molecule has 0 atom stereocenters. The maximum Gasteiger partial charge on any atom is 0.254 e. The van der Waals surface area contributed by atoms with Crippen molar-refractivity contribution in [3.63, 3.8) is 0 Å². The second-order valence-electron chi connectivity index (χ2n) is 6.17. The highest BCUT2D eigenvalue weighted by molar-refractivity contribution is 5.97. The summed E-state index contributed by atoms with van der Waals surface area (Å²) in [5.74, 6) is -0.730. The number of anilines is 1. The number of nitrogens with zero attached hydrogens (tertiary/aromatic N) is 2. The Kier molecular flexibility index (Phi) is 6.21. The minimum absolute atomic E-state index is 0. The SMILES string of the molecule is Cc1ccc(N)cc1C(=O)N1CCN(C(=O)c2cccc(F)c2)CC1.Cl. The largest absolute Gasteiger partial charge is 0.399 e. The zero-order chi connectivity index (χ0) is 18.0. The van der Waals surface area contributed by atoms with Crippen molar-refractivity contribution in [2.45, 2.75) is 6.92 Å². The number of rotatable bonds is 2. The lowest BCUT2D eigenvalue weighted by atomic mass is 10.1. The van der Waals surface area contributed by atoms with Crippen molar-refractivity contribution in [1.82, 2.24) is 9.80 Å². The van der Waals surface area contributed by atoms with Gasteiger partial charge in [-0.2, -0.15) is 0 Å². The molecule has 0 aromatic heterocycles. The highest BCUT2D eigenvalue weighted by Gasteiger charge is 2.26. The molecule has 7 heteroatoms. The predicted molar refractivity (Wildman–Crippen MR) is 101 cm³/mol. The van der Waals surface area contributed by atoms with E-state index in [2.05, 4.69) is 0 Å². The molecule has 0 saturated carbocycles. The number of aryl methyl sites for hydroxylation is 1. The summed E-state index contributed by atoms with van der Waals surface area (Å²) < 4.78 is 13.3. The number of piperazine rings is 1. The van der Waals surface area contributed by atoms with Crippen LogP contribution in [0.1, 0.15) is 26.3 Å². The van der Waals surface area contributed by atoms with Crippen LogP contribution in [0.2, 0.25) is 0 Å². The van der Waals surface area contributed by atoms with E-state index in [1.807, 2.05) is 13.0 Å². The Morgan fingerprint density at radius 2 is 1.58 bits per heavy atom. The molecule has 2 aromatic rings. The molecule has 3 rings (SSSR count). The van der Waals surface area contributed by atoms with Crippen LogP contribution in [0, 0.1) is 12.7 Å². The van der Waals surface area contributed by atoms with Gasteiger partial charge in [0.15, 0.2) is 0 Å². The molecule has 1 fully saturated rings. The molecule has 0 bridgehead atoms. The predicted octanol–water partition coefficient (Wildman–Crippen LogP) is 2.74. The summed E-state index contributed by atoms with van der Waals surface area (Å²) >= 11 is 0. The van der Waals surface area contributed by atoms with Crippen molar-refractivity contribution >= 4 is 29.9 Å². The van der Waals surface area contributed by atoms with Gasteiger partial charge < -0.3 is 15.5 Å². The van der Waals surface area contributed by atoms with E-state index in [-0.39, 0.29) is 24.2 Å². The molecule has 0 aliphatic carbocycles. The zero-order valence-corrected chi connectivity index (χ0v) is 15.3. The number of nitrogens with two attached hydrogens (primary N) is 1. The fourth-order valence-corrected chi connectivity index (χ4v) is 2.96. The van der Waals surface area contributed by atoms with Gasteiger partial charge in [-0.3, -0.25) is 9.59 Å². The van der Waals surface area contributed by atoms with Crippen LogP contribution in [0.25, 0.3) is 0 Å². The van der Waals surface area contributed by atoms with Gasteiger partial charge in [0, 0.05) is 43.0 Å². The Bertz CT molecular complexity index is 820. The highest BCUT2D eigenvalue weighted by Crippen LogP contribution is 2.17. The van der Waals surface area contributed by atoms with Crippen molar-refractivity contribution in [2.24, 2.45) is 0 Å². The normalized spacial score (nSPS) is 13.9. The first-order valence-electron chi connectivity index (χ1n) is 8.16. The van der Waals surface area contributed by atoms with Gasteiger partial charge in [-0.25, -0.2) is 4.39 Å². The summed E-state index contributed by atoms with van der Waals surface area (Å²) in [5.41, 5.74) is 8.11. The van der Waals surface area contributed by atoms with Crippen molar-refractivity contribution in [3.05, 3.63) is 65.0 Å². The summed E-state index contributed by atoms with van der Waals surface area (Å²) in [6.07, 6.45) is 0. The summed E-state index contributed by atoms with van der Waals surface area (Å²) in [4.78, 5) is 28.5. The van der Waals surface area contributed by atoms with Crippen molar-refractivity contribution < 1.29 is 14.0 Å². The number of hydrogen-bond donors (Lipinski definition) is 1. The Morgan fingerprint density at radius 3 is 2.19 bits per heavy atom. The lowest BCUT2D eigenvalue weighted by Gasteiger charge is -2.35. The molecule has 1 heterocycles. The van der Waals surface area contributed by atoms with Gasteiger partial charge in [0.05, 0.1) is 0 Å². The van der Waals surface area contributed by atoms with E-state index in [9.17, 15) is 14.0 Å². The van der Waals surface area contributed by atoms with Crippen LogP contribution >= 0.6 is 12.4 Å². The van der Waals surface area contributed by atoms with Crippen LogP contribution < -0.4 is 5.73 Å². The molecule has 2 amide bonds. The van der Waals surface area contributed by atoms with Crippen molar-refractivity contribution in [3.8, 4) is 0 Å². The number of amides is 2. The summed E-state index contributed by atoms with van der Waals surface area (Å²) in [5, 5.41) is 0. The quantitative estimate of drug-likeness (QED) is 0.818. The van der Waals surface area contributed by atoms with Crippen LogP contribution in [0.15, 0.2) is 42.5 Å².